The number of hydrogen-bond acceptors (Lipinski definition) is 8. The molecule has 1 aliphatic heterocycles. The van der Waals surface area contributed by atoms with Crippen LogP contribution in [0.15, 0.2) is 30.5 Å². The van der Waals surface area contributed by atoms with Crippen molar-refractivity contribution in [3.05, 3.63) is 36.0 Å². The summed E-state index contributed by atoms with van der Waals surface area (Å²) in [5.41, 5.74) is -0.674. The van der Waals surface area contributed by atoms with E-state index in [1.165, 1.54) is 0 Å². The van der Waals surface area contributed by atoms with Gasteiger partial charge in [0.15, 0.2) is 0 Å². The average molecular weight is 492 g/mol. The molecule has 2 heterocycles. The number of esters is 1. The molecule has 0 spiro atoms. The maximum Gasteiger partial charge on any atom is 0.342 e. The van der Waals surface area contributed by atoms with Gasteiger partial charge in [-0.15, -0.1) is 0 Å². The van der Waals surface area contributed by atoms with Gasteiger partial charge in [-0.25, -0.2) is 9.78 Å². The van der Waals surface area contributed by atoms with Crippen LogP contribution in [0.5, 0.6) is 5.75 Å². The predicted molar refractivity (Wildman–Crippen MR) is 135 cm³/mol. The van der Waals surface area contributed by atoms with Crippen molar-refractivity contribution in [2.75, 3.05) is 23.4 Å². The van der Waals surface area contributed by atoms with E-state index >= 15 is 0 Å². The Hall–Kier alpha value is -3.67. The average Bonchev–Trinajstić information content (AvgIpc) is 3.58. The van der Waals surface area contributed by atoms with Crippen LogP contribution in [0.4, 0.5) is 17.5 Å². The van der Waals surface area contributed by atoms with E-state index in [2.05, 4.69) is 21.4 Å². The summed E-state index contributed by atoms with van der Waals surface area (Å²) in [5, 5.41) is 12.9. The molecule has 1 amide bonds. The fourth-order valence-electron chi connectivity index (χ4n) is 4.13. The second-order valence-electron chi connectivity index (χ2n) is 10.8. The first-order chi connectivity index (χ1) is 17.0. The maximum absolute atomic E-state index is 13.1. The first-order valence-corrected chi connectivity index (χ1v) is 12.4. The molecule has 1 aromatic heterocycles. The van der Waals surface area contributed by atoms with Crippen LogP contribution in [0.2, 0.25) is 0 Å². The van der Waals surface area contributed by atoms with E-state index in [9.17, 15) is 14.9 Å². The fourth-order valence-corrected chi connectivity index (χ4v) is 4.13. The van der Waals surface area contributed by atoms with Crippen LogP contribution in [-0.2, 0) is 9.53 Å². The van der Waals surface area contributed by atoms with Crippen LogP contribution in [0.25, 0.3) is 0 Å². The number of carbonyl (C=O) groups is 2. The Morgan fingerprint density at radius 3 is 2.67 bits per heavy atom. The standard InChI is InChI=1S/C27H33N5O4/c1-17(2)27(16-28)11-13-32(24(27)34)22-10-12-29-25(31-22)30-19-8-9-20(23(33)36-26(3,4)5)21(14-19)35-15-18-6-7-18/h8-10,12,14,17-18H,6-7,11,13,15H2,1-5H3,(H,29,30,31)/t27-/m1/s1. The SMILES string of the molecule is CC(C)[C@]1(C#N)CCN(c2ccnc(Nc3ccc(C(=O)OC(C)(C)C)c(OCC4CC4)c3)n2)C1=O. The van der Waals surface area contributed by atoms with E-state index in [1.807, 2.05) is 34.6 Å². The molecule has 4 rings (SSSR count). The Labute approximate surface area is 211 Å². The minimum absolute atomic E-state index is 0.100. The summed E-state index contributed by atoms with van der Waals surface area (Å²) in [5.74, 6) is 0.888. The molecule has 1 N–H and O–H groups in total. The van der Waals surface area contributed by atoms with Gasteiger partial charge in [0, 0.05) is 24.5 Å². The van der Waals surface area contributed by atoms with E-state index in [0.717, 1.165) is 12.8 Å². The van der Waals surface area contributed by atoms with Gasteiger partial charge in [-0.2, -0.15) is 10.2 Å². The Balaban J connectivity index is 1.55. The van der Waals surface area contributed by atoms with E-state index in [4.69, 9.17) is 9.47 Å². The van der Waals surface area contributed by atoms with Gasteiger partial charge in [-0.05, 0) is 70.1 Å². The minimum Gasteiger partial charge on any atom is -0.492 e. The lowest BCUT2D eigenvalue weighted by molar-refractivity contribution is -0.124. The highest BCUT2D eigenvalue weighted by molar-refractivity contribution is 6.01. The molecule has 1 aromatic carbocycles. The molecule has 9 nitrogen and oxygen atoms in total. The molecule has 2 fully saturated rings. The number of benzene rings is 1. The lowest BCUT2D eigenvalue weighted by atomic mass is 9.77. The molecule has 1 atom stereocenters. The molecule has 1 saturated heterocycles. The lowest BCUT2D eigenvalue weighted by Crippen LogP contribution is -2.37. The van der Waals surface area contributed by atoms with Crippen molar-refractivity contribution >= 4 is 29.3 Å². The number of aromatic nitrogens is 2. The summed E-state index contributed by atoms with van der Waals surface area (Å²) < 4.78 is 11.5. The van der Waals surface area contributed by atoms with Gasteiger partial charge in [0.25, 0.3) is 0 Å². The number of ether oxygens (including phenoxy) is 2. The van der Waals surface area contributed by atoms with Crippen LogP contribution >= 0.6 is 0 Å². The molecule has 1 saturated carbocycles. The van der Waals surface area contributed by atoms with Gasteiger partial charge in [0.1, 0.15) is 28.1 Å². The minimum atomic E-state index is -1.04. The van der Waals surface area contributed by atoms with Crippen molar-refractivity contribution in [1.29, 1.82) is 5.26 Å². The second-order valence-corrected chi connectivity index (χ2v) is 10.8. The predicted octanol–water partition coefficient (Wildman–Crippen LogP) is 4.87. The highest BCUT2D eigenvalue weighted by atomic mass is 16.6. The topological polar surface area (TPSA) is 117 Å². The van der Waals surface area contributed by atoms with Crippen molar-refractivity contribution < 1.29 is 19.1 Å². The summed E-state index contributed by atoms with van der Waals surface area (Å²) in [6.07, 6.45) is 4.28. The number of nitrogens with zero attached hydrogens (tertiary/aromatic N) is 4. The summed E-state index contributed by atoms with van der Waals surface area (Å²) in [7, 11) is 0. The number of anilines is 3. The molecule has 0 radical (unpaired) electrons. The highest BCUT2D eigenvalue weighted by Gasteiger charge is 2.50. The smallest absolute Gasteiger partial charge is 0.342 e. The number of nitrogens with one attached hydrogen (secondary N) is 1. The third kappa shape index (κ3) is 5.43. The molecule has 0 unspecified atom stereocenters. The third-order valence-electron chi connectivity index (χ3n) is 6.49. The zero-order valence-corrected chi connectivity index (χ0v) is 21.5. The van der Waals surface area contributed by atoms with Crippen LogP contribution in [-0.4, -0.2) is 40.6 Å². The number of amides is 1. The number of carbonyl (C=O) groups excluding carboxylic acids is 2. The first kappa shape index (κ1) is 25.4. The molecular formula is C27H33N5O4. The molecule has 1 aliphatic carbocycles. The van der Waals surface area contributed by atoms with Gasteiger partial charge in [0.05, 0.1) is 12.7 Å². The number of hydrogen-bond donors (Lipinski definition) is 1. The first-order valence-electron chi connectivity index (χ1n) is 12.4. The van der Waals surface area contributed by atoms with E-state index in [1.54, 1.807) is 35.4 Å². The zero-order valence-electron chi connectivity index (χ0n) is 21.5. The summed E-state index contributed by atoms with van der Waals surface area (Å²) >= 11 is 0. The normalized spacial score (nSPS) is 19.8. The van der Waals surface area contributed by atoms with Crippen LogP contribution in [0.1, 0.15) is 64.2 Å². The van der Waals surface area contributed by atoms with Gasteiger partial charge >= 0.3 is 5.97 Å². The van der Waals surface area contributed by atoms with E-state index in [-0.39, 0.29) is 17.8 Å². The van der Waals surface area contributed by atoms with E-state index in [0.29, 0.717) is 48.3 Å². The van der Waals surface area contributed by atoms with Gasteiger partial charge in [0.2, 0.25) is 11.9 Å². The van der Waals surface area contributed by atoms with Crippen LogP contribution in [0.3, 0.4) is 0 Å². The number of rotatable bonds is 8. The molecule has 0 bridgehead atoms. The highest BCUT2D eigenvalue weighted by Crippen LogP contribution is 2.40. The largest absolute Gasteiger partial charge is 0.492 e. The van der Waals surface area contributed by atoms with Crippen molar-refractivity contribution in [3.8, 4) is 11.8 Å². The second kappa shape index (κ2) is 9.76. The zero-order chi connectivity index (χ0) is 26.1. The summed E-state index contributed by atoms with van der Waals surface area (Å²) in [6.45, 7) is 10.2. The van der Waals surface area contributed by atoms with Gasteiger partial charge in [-0.3, -0.25) is 9.69 Å². The van der Waals surface area contributed by atoms with Crippen molar-refractivity contribution in [2.45, 2.75) is 59.5 Å². The van der Waals surface area contributed by atoms with Crippen LogP contribution < -0.4 is 15.0 Å². The Morgan fingerprint density at radius 1 is 1.31 bits per heavy atom. The Morgan fingerprint density at radius 2 is 2.06 bits per heavy atom. The summed E-state index contributed by atoms with van der Waals surface area (Å²) in [4.78, 5) is 36.2. The quantitative estimate of drug-likeness (QED) is 0.520. The monoisotopic (exact) mass is 491 g/mol. The van der Waals surface area contributed by atoms with Crippen molar-refractivity contribution in [3.63, 3.8) is 0 Å². The fraction of sp³-hybridized carbons (Fsp3) is 0.519. The summed E-state index contributed by atoms with van der Waals surface area (Å²) in [6, 6.07) is 9.03. The van der Waals surface area contributed by atoms with Crippen LogP contribution in [0, 0.1) is 28.6 Å². The van der Waals surface area contributed by atoms with Crippen molar-refractivity contribution in [2.24, 2.45) is 17.3 Å². The molecule has 2 aliphatic rings. The molecular weight excluding hydrogens is 458 g/mol. The maximum atomic E-state index is 13.1. The lowest BCUT2D eigenvalue weighted by Gasteiger charge is -2.24. The Kier molecular flexibility index (Phi) is 6.90. The Bertz CT molecular complexity index is 1200. The number of nitriles is 1. The van der Waals surface area contributed by atoms with Gasteiger partial charge < -0.3 is 14.8 Å². The van der Waals surface area contributed by atoms with E-state index < -0.39 is 17.0 Å². The van der Waals surface area contributed by atoms with Crippen molar-refractivity contribution in [1.82, 2.24) is 9.97 Å². The van der Waals surface area contributed by atoms with Gasteiger partial charge in [-0.1, -0.05) is 13.8 Å². The molecule has 36 heavy (non-hydrogen) atoms. The third-order valence-corrected chi connectivity index (χ3v) is 6.49. The molecule has 190 valence electrons. The molecule has 9 heteroatoms. The molecule has 2 aromatic rings.